The number of carboxylic acids is 1. The monoisotopic (exact) mass is 196 g/mol. The number of carbonyl (C=O) groups is 1. The zero-order valence-corrected chi connectivity index (χ0v) is 8.80. The van der Waals surface area contributed by atoms with E-state index in [0.717, 1.165) is 25.7 Å². The molecule has 0 aromatic carbocycles. The lowest BCUT2D eigenvalue weighted by molar-refractivity contribution is -0.156. The van der Waals surface area contributed by atoms with Crippen LogP contribution < -0.4 is 0 Å². The maximum Gasteiger partial charge on any atom is 0.309 e. The third-order valence-corrected chi connectivity index (χ3v) is 4.17. The lowest BCUT2D eigenvalue weighted by Crippen LogP contribution is -2.39. The van der Waals surface area contributed by atoms with Gasteiger partial charge in [-0.1, -0.05) is 38.5 Å². The van der Waals surface area contributed by atoms with Crippen LogP contribution in [0.2, 0.25) is 0 Å². The molecule has 0 unspecified atom stereocenters. The third-order valence-electron chi connectivity index (χ3n) is 4.17. The van der Waals surface area contributed by atoms with E-state index in [9.17, 15) is 9.90 Å². The van der Waals surface area contributed by atoms with Crippen LogP contribution in [0.4, 0.5) is 0 Å². The Bertz CT molecular complexity index is 212. The first-order valence-corrected chi connectivity index (χ1v) is 5.96. The molecular weight excluding hydrogens is 176 g/mol. The van der Waals surface area contributed by atoms with Crippen molar-refractivity contribution < 1.29 is 9.90 Å². The lowest BCUT2D eigenvalue weighted by Gasteiger charge is -2.41. The summed E-state index contributed by atoms with van der Waals surface area (Å²) < 4.78 is 0. The number of rotatable bonds is 3. The van der Waals surface area contributed by atoms with E-state index in [1.807, 2.05) is 0 Å². The van der Waals surface area contributed by atoms with Crippen LogP contribution in [-0.4, -0.2) is 11.1 Å². The minimum atomic E-state index is -0.533. The van der Waals surface area contributed by atoms with Gasteiger partial charge in [0.05, 0.1) is 5.41 Å². The van der Waals surface area contributed by atoms with Crippen LogP contribution in [0.25, 0.3) is 0 Å². The molecule has 0 spiro atoms. The van der Waals surface area contributed by atoms with Gasteiger partial charge in [-0.15, -0.1) is 0 Å². The van der Waals surface area contributed by atoms with E-state index in [1.165, 1.54) is 32.1 Å². The van der Waals surface area contributed by atoms with E-state index in [-0.39, 0.29) is 5.41 Å². The van der Waals surface area contributed by atoms with E-state index in [4.69, 9.17) is 0 Å². The second-order valence-electron chi connectivity index (χ2n) is 5.15. The normalized spacial score (nSPS) is 26.9. The molecule has 2 heteroatoms. The summed E-state index contributed by atoms with van der Waals surface area (Å²) in [6.45, 7) is 0. The molecule has 14 heavy (non-hydrogen) atoms. The smallest absolute Gasteiger partial charge is 0.309 e. The van der Waals surface area contributed by atoms with Crippen molar-refractivity contribution in [3.05, 3.63) is 0 Å². The first kappa shape index (κ1) is 10.0. The molecule has 0 bridgehead atoms. The van der Waals surface area contributed by atoms with Gasteiger partial charge in [-0.25, -0.2) is 0 Å². The molecule has 0 heterocycles. The molecule has 0 saturated heterocycles. The molecule has 0 aliphatic heterocycles. The molecule has 2 aliphatic rings. The minimum Gasteiger partial charge on any atom is -0.481 e. The third kappa shape index (κ3) is 1.79. The Morgan fingerprint density at radius 1 is 1.14 bits per heavy atom. The summed E-state index contributed by atoms with van der Waals surface area (Å²) in [6.07, 6.45) is 10.5. The fourth-order valence-electron chi connectivity index (χ4n) is 3.05. The highest BCUT2D eigenvalue weighted by Crippen LogP contribution is 2.48. The summed E-state index contributed by atoms with van der Waals surface area (Å²) in [5, 5.41) is 9.21. The molecule has 1 N–H and O–H groups in total. The van der Waals surface area contributed by atoms with Crippen LogP contribution in [0.5, 0.6) is 0 Å². The highest BCUT2D eigenvalue weighted by atomic mass is 16.4. The zero-order valence-electron chi connectivity index (χ0n) is 8.80. The Kier molecular flexibility index (Phi) is 2.80. The van der Waals surface area contributed by atoms with E-state index < -0.39 is 5.97 Å². The van der Waals surface area contributed by atoms with Crippen LogP contribution in [-0.2, 0) is 4.79 Å². The molecule has 0 aromatic heterocycles. The molecule has 0 aromatic rings. The quantitative estimate of drug-likeness (QED) is 0.752. The van der Waals surface area contributed by atoms with Crippen LogP contribution in [0, 0.1) is 11.3 Å². The SMILES string of the molecule is O=C(O)C1(CC2CCCCC2)CCC1. The topological polar surface area (TPSA) is 37.3 Å². The summed E-state index contributed by atoms with van der Waals surface area (Å²) in [7, 11) is 0. The van der Waals surface area contributed by atoms with Crippen LogP contribution in [0.3, 0.4) is 0 Å². The largest absolute Gasteiger partial charge is 0.481 e. The highest BCUT2D eigenvalue weighted by molar-refractivity contribution is 5.75. The van der Waals surface area contributed by atoms with E-state index in [1.54, 1.807) is 0 Å². The van der Waals surface area contributed by atoms with Gasteiger partial charge >= 0.3 is 5.97 Å². The molecule has 80 valence electrons. The van der Waals surface area contributed by atoms with Crippen LogP contribution >= 0.6 is 0 Å². The average molecular weight is 196 g/mol. The van der Waals surface area contributed by atoms with Gasteiger partial charge in [0.15, 0.2) is 0 Å². The van der Waals surface area contributed by atoms with E-state index in [0.29, 0.717) is 5.92 Å². The maximum atomic E-state index is 11.2. The van der Waals surface area contributed by atoms with E-state index >= 15 is 0 Å². The van der Waals surface area contributed by atoms with Crippen molar-refractivity contribution in [1.29, 1.82) is 0 Å². The van der Waals surface area contributed by atoms with Gasteiger partial charge < -0.3 is 5.11 Å². The second-order valence-corrected chi connectivity index (χ2v) is 5.15. The molecule has 2 fully saturated rings. The zero-order chi connectivity index (χ0) is 10.0. The van der Waals surface area contributed by atoms with Gasteiger partial charge in [-0.3, -0.25) is 4.79 Å². The Morgan fingerprint density at radius 2 is 1.79 bits per heavy atom. The molecule has 0 amide bonds. The second kappa shape index (κ2) is 3.92. The molecule has 0 radical (unpaired) electrons. The Labute approximate surface area is 85.7 Å². The number of aliphatic carboxylic acids is 1. The predicted octanol–water partition coefficient (Wildman–Crippen LogP) is 3.21. The first-order valence-electron chi connectivity index (χ1n) is 5.96. The van der Waals surface area contributed by atoms with Crippen molar-refractivity contribution in [3.63, 3.8) is 0 Å². The fourth-order valence-corrected chi connectivity index (χ4v) is 3.05. The Morgan fingerprint density at radius 3 is 2.21 bits per heavy atom. The van der Waals surface area contributed by atoms with Gasteiger partial charge in [0.25, 0.3) is 0 Å². The highest BCUT2D eigenvalue weighted by Gasteiger charge is 2.45. The maximum absolute atomic E-state index is 11.2. The van der Waals surface area contributed by atoms with Gasteiger partial charge in [0.1, 0.15) is 0 Å². The molecule has 2 rings (SSSR count). The van der Waals surface area contributed by atoms with Crippen molar-refractivity contribution in [3.8, 4) is 0 Å². The summed E-state index contributed by atoms with van der Waals surface area (Å²) in [5.41, 5.74) is -0.304. The molecule has 2 saturated carbocycles. The summed E-state index contributed by atoms with van der Waals surface area (Å²) in [4.78, 5) is 11.2. The van der Waals surface area contributed by atoms with Gasteiger partial charge in [-0.05, 0) is 25.2 Å². The Balaban J connectivity index is 1.90. The predicted molar refractivity (Wildman–Crippen MR) is 55.1 cm³/mol. The molecule has 2 aliphatic carbocycles. The van der Waals surface area contributed by atoms with Crippen molar-refractivity contribution in [2.24, 2.45) is 11.3 Å². The number of hydrogen-bond acceptors (Lipinski definition) is 1. The molecule has 0 atom stereocenters. The van der Waals surface area contributed by atoms with Crippen LogP contribution in [0.1, 0.15) is 57.8 Å². The lowest BCUT2D eigenvalue weighted by atomic mass is 9.62. The summed E-state index contributed by atoms with van der Waals surface area (Å²) >= 11 is 0. The minimum absolute atomic E-state index is 0.304. The van der Waals surface area contributed by atoms with Crippen molar-refractivity contribution in [2.75, 3.05) is 0 Å². The molecular formula is C12H20O2. The van der Waals surface area contributed by atoms with Gasteiger partial charge in [0, 0.05) is 0 Å². The molecule has 2 nitrogen and oxygen atoms in total. The van der Waals surface area contributed by atoms with Gasteiger partial charge in [0.2, 0.25) is 0 Å². The van der Waals surface area contributed by atoms with Crippen molar-refractivity contribution in [1.82, 2.24) is 0 Å². The van der Waals surface area contributed by atoms with Gasteiger partial charge in [-0.2, -0.15) is 0 Å². The van der Waals surface area contributed by atoms with E-state index in [2.05, 4.69) is 0 Å². The Hall–Kier alpha value is -0.530. The standard InChI is InChI=1S/C12H20O2/c13-11(14)12(7-4-8-12)9-10-5-2-1-3-6-10/h10H,1-9H2,(H,13,14). The summed E-state index contributed by atoms with van der Waals surface area (Å²) in [5.74, 6) is 0.175. The first-order chi connectivity index (χ1) is 6.73. The fraction of sp³-hybridized carbons (Fsp3) is 0.917. The number of hydrogen-bond donors (Lipinski definition) is 1. The average Bonchev–Trinajstić information content (AvgIpc) is 2.12. The number of carboxylic acid groups (broad SMARTS) is 1. The van der Waals surface area contributed by atoms with Crippen molar-refractivity contribution >= 4 is 5.97 Å². The summed E-state index contributed by atoms with van der Waals surface area (Å²) in [6, 6.07) is 0. The van der Waals surface area contributed by atoms with Crippen molar-refractivity contribution in [2.45, 2.75) is 57.8 Å². The van der Waals surface area contributed by atoms with Crippen LogP contribution in [0.15, 0.2) is 0 Å².